The molecule has 0 aromatic heterocycles. The van der Waals surface area contributed by atoms with Gasteiger partial charge in [0.15, 0.2) is 0 Å². The maximum atomic E-state index is 9.02. The first-order valence-electron chi connectivity index (χ1n) is 5.70. The number of nitriles is 1. The van der Waals surface area contributed by atoms with E-state index in [1.807, 2.05) is 25.1 Å². The molecule has 0 aliphatic rings. The minimum Gasteiger partial charge on any atom is -0.192 e. The Hall–Kier alpha value is -1.55. The zero-order chi connectivity index (χ0) is 12.2. The fraction of sp³-hybridized carbons (Fsp3) is 0.400. The fourth-order valence-corrected chi connectivity index (χ4v) is 1.58. The van der Waals surface area contributed by atoms with E-state index in [4.69, 9.17) is 5.26 Å². The van der Waals surface area contributed by atoms with Gasteiger partial charge in [-0.2, -0.15) is 5.26 Å². The van der Waals surface area contributed by atoms with Crippen LogP contribution in [0.25, 0.3) is 5.57 Å². The molecule has 0 atom stereocenters. The van der Waals surface area contributed by atoms with Crippen molar-refractivity contribution < 1.29 is 0 Å². The molecule has 0 saturated carbocycles. The van der Waals surface area contributed by atoms with Gasteiger partial charge in [-0.15, -0.1) is 0 Å². The molecule has 0 N–H and O–H groups in total. The summed E-state index contributed by atoms with van der Waals surface area (Å²) in [7, 11) is 0. The maximum absolute atomic E-state index is 9.02. The summed E-state index contributed by atoms with van der Waals surface area (Å²) in [4.78, 5) is 0. The first kappa shape index (κ1) is 12.5. The summed E-state index contributed by atoms with van der Waals surface area (Å²) in [5, 5.41) is 9.02. The van der Waals surface area contributed by atoms with E-state index in [-0.39, 0.29) is 5.41 Å². The van der Waals surface area contributed by atoms with Gasteiger partial charge < -0.3 is 0 Å². The molecule has 0 unspecified atom stereocenters. The molecule has 1 nitrogen and oxygen atoms in total. The largest absolute Gasteiger partial charge is 0.192 e. The Morgan fingerprint density at radius 2 is 1.81 bits per heavy atom. The number of rotatable bonds is 2. The Labute approximate surface area is 98.4 Å². The monoisotopic (exact) mass is 213 g/mol. The van der Waals surface area contributed by atoms with E-state index in [0.717, 1.165) is 17.6 Å². The lowest BCUT2D eigenvalue weighted by Gasteiger charge is -2.19. The van der Waals surface area contributed by atoms with Crippen molar-refractivity contribution in [1.29, 1.82) is 5.26 Å². The Bertz CT molecular complexity index is 410. The molecule has 0 aliphatic heterocycles. The quantitative estimate of drug-likeness (QED) is 0.672. The third-order valence-corrected chi connectivity index (χ3v) is 2.59. The molecule has 1 heteroatoms. The number of allylic oxidation sites excluding steroid dienone is 2. The Morgan fingerprint density at radius 1 is 1.25 bits per heavy atom. The van der Waals surface area contributed by atoms with Gasteiger partial charge in [0.05, 0.1) is 11.6 Å². The lowest BCUT2D eigenvalue weighted by atomic mass is 9.86. The summed E-state index contributed by atoms with van der Waals surface area (Å²) < 4.78 is 0. The second-order valence-corrected chi connectivity index (χ2v) is 4.97. The number of hydrogen-bond acceptors (Lipinski definition) is 1. The molecule has 0 amide bonds. The Balaban J connectivity index is 3.05. The van der Waals surface area contributed by atoms with Crippen molar-refractivity contribution in [2.45, 2.75) is 39.5 Å². The average molecular weight is 213 g/mol. The van der Waals surface area contributed by atoms with Crippen LogP contribution in [-0.4, -0.2) is 0 Å². The van der Waals surface area contributed by atoms with Gasteiger partial charge in [-0.1, -0.05) is 58.0 Å². The van der Waals surface area contributed by atoms with Crippen molar-refractivity contribution in [3.8, 4) is 6.07 Å². The zero-order valence-corrected chi connectivity index (χ0v) is 10.5. The van der Waals surface area contributed by atoms with Crippen LogP contribution in [-0.2, 0) is 5.41 Å². The van der Waals surface area contributed by atoms with Crippen LogP contribution in [0.1, 0.15) is 45.2 Å². The summed E-state index contributed by atoms with van der Waals surface area (Å²) in [6.45, 7) is 8.61. The maximum Gasteiger partial charge on any atom is 0.0994 e. The van der Waals surface area contributed by atoms with Gasteiger partial charge in [0, 0.05) is 0 Å². The fourth-order valence-electron chi connectivity index (χ4n) is 1.58. The van der Waals surface area contributed by atoms with Crippen LogP contribution in [0.2, 0.25) is 0 Å². The highest BCUT2D eigenvalue weighted by molar-refractivity contribution is 5.76. The van der Waals surface area contributed by atoms with E-state index < -0.39 is 0 Å². The molecule has 0 aliphatic carbocycles. The minimum atomic E-state index is 0.166. The van der Waals surface area contributed by atoms with E-state index in [9.17, 15) is 0 Å². The topological polar surface area (TPSA) is 23.8 Å². The number of hydrogen-bond donors (Lipinski definition) is 0. The number of benzene rings is 1. The van der Waals surface area contributed by atoms with Crippen LogP contribution in [0.3, 0.4) is 0 Å². The molecule has 0 heterocycles. The van der Waals surface area contributed by atoms with Crippen LogP contribution in [0.4, 0.5) is 0 Å². The van der Waals surface area contributed by atoms with E-state index >= 15 is 0 Å². The zero-order valence-electron chi connectivity index (χ0n) is 10.5. The van der Waals surface area contributed by atoms with Crippen LogP contribution in [0.15, 0.2) is 30.3 Å². The standard InChI is InChI=1S/C15H19N/c1-5-6-13(11-16)12-7-9-14(10-8-12)15(2,3)4/h6-10H,5H2,1-4H3/b13-6+. The minimum absolute atomic E-state index is 0.166. The third kappa shape index (κ3) is 2.97. The van der Waals surface area contributed by atoms with Gasteiger partial charge in [-0.05, 0) is 23.0 Å². The Kier molecular flexibility index (Phi) is 3.90. The molecule has 0 radical (unpaired) electrons. The normalized spacial score (nSPS) is 12.3. The van der Waals surface area contributed by atoms with Crippen LogP contribution >= 0.6 is 0 Å². The van der Waals surface area contributed by atoms with Crippen LogP contribution in [0.5, 0.6) is 0 Å². The second kappa shape index (κ2) is 4.99. The summed E-state index contributed by atoms with van der Waals surface area (Å²) in [6, 6.07) is 10.5. The SMILES string of the molecule is CC/C=C(\C#N)c1ccc(C(C)(C)C)cc1. The average Bonchev–Trinajstić information content (AvgIpc) is 2.25. The highest BCUT2D eigenvalue weighted by atomic mass is 14.2. The van der Waals surface area contributed by atoms with Crippen LogP contribution in [0, 0.1) is 11.3 Å². The van der Waals surface area contributed by atoms with Gasteiger partial charge in [-0.3, -0.25) is 0 Å². The van der Waals surface area contributed by atoms with Crippen molar-refractivity contribution in [2.24, 2.45) is 0 Å². The third-order valence-electron chi connectivity index (χ3n) is 2.59. The van der Waals surface area contributed by atoms with Crippen LogP contribution < -0.4 is 0 Å². The number of nitrogens with zero attached hydrogens (tertiary/aromatic N) is 1. The summed E-state index contributed by atoms with van der Waals surface area (Å²) in [6.07, 6.45) is 2.86. The first-order chi connectivity index (χ1) is 7.49. The van der Waals surface area contributed by atoms with Gasteiger partial charge in [-0.25, -0.2) is 0 Å². The molecular weight excluding hydrogens is 194 g/mol. The van der Waals surface area contributed by atoms with Gasteiger partial charge >= 0.3 is 0 Å². The van der Waals surface area contributed by atoms with E-state index in [0.29, 0.717) is 0 Å². The van der Waals surface area contributed by atoms with E-state index in [1.54, 1.807) is 0 Å². The van der Waals surface area contributed by atoms with Crippen molar-refractivity contribution >= 4 is 5.57 Å². The molecule has 0 fully saturated rings. The van der Waals surface area contributed by atoms with E-state index in [2.05, 4.69) is 39.0 Å². The lowest BCUT2D eigenvalue weighted by molar-refractivity contribution is 0.590. The van der Waals surface area contributed by atoms with Crippen molar-refractivity contribution in [1.82, 2.24) is 0 Å². The predicted molar refractivity (Wildman–Crippen MR) is 69.0 cm³/mol. The van der Waals surface area contributed by atoms with Gasteiger partial charge in [0.25, 0.3) is 0 Å². The van der Waals surface area contributed by atoms with Crippen molar-refractivity contribution in [3.63, 3.8) is 0 Å². The molecular formula is C15H19N. The first-order valence-corrected chi connectivity index (χ1v) is 5.70. The highest BCUT2D eigenvalue weighted by Gasteiger charge is 2.13. The Morgan fingerprint density at radius 3 is 2.19 bits per heavy atom. The summed E-state index contributed by atoms with van der Waals surface area (Å²) in [5.74, 6) is 0. The molecule has 84 valence electrons. The van der Waals surface area contributed by atoms with Gasteiger partial charge in [0.1, 0.15) is 0 Å². The van der Waals surface area contributed by atoms with Crippen molar-refractivity contribution in [2.75, 3.05) is 0 Å². The summed E-state index contributed by atoms with van der Waals surface area (Å²) in [5.41, 5.74) is 3.24. The highest BCUT2D eigenvalue weighted by Crippen LogP contribution is 2.24. The second-order valence-electron chi connectivity index (χ2n) is 4.97. The molecule has 1 rings (SSSR count). The summed E-state index contributed by atoms with van der Waals surface area (Å²) >= 11 is 0. The molecule has 0 saturated heterocycles. The molecule has 1 aromatic rings. The van der Waals surface area contributed by atoms with Gasteiger partial charge in [0.2, 0.25) is 0 Å². The van der Waals surface area contributed by atoms with Crippen molar-refractivity contribution in [3.05, 3.63) is 41.5 Å². The predicted octanol–water partition coefficient (Wildman–Crippen LogP) is 4.30. The lowest BCUT2D eigenvalue weighted by Crippen LogP contribution is -2.10. The molecule has 0 bridgehead atoms. The molecule has 16 heavy (non-hydrogen) atoms. The van der Waals surface area contributed by atoms with E-state index in [1.165, 1.54) is 5.56 Å². The molecule has 0 spiro atoms. The smallest absolute Gasteiger partial charge is 0.0994 e. The molecule has 1 aromatic carbocycles.